The fourth-order valence-electron chi connectivity index (χ4n) is 5.49. The van der Waals surface area contributed by atoms with Crippen LogP contribution >= 0.6 is 0 Å². The lowest BCUT2D eigenvalue weighted by Crippen LogP contribution is -2.31. The summed E-state index contributed by atoms with van der Waals surface area (Å²) in [6.07, 6.45) is 13.8. The van der Waals surface area contributed by atoms with E-state index in [1.807, 2.05) is 19.4 Å². The minimum Gasteiger partial charge on any atom is -0.468 e. The van der Waals surface area contributed by atoms with Crippen molar-refractivity contribution in [2.75, 3.05) is 20.1 Å². The number of Topliss-reactive ketones (excluding diaryl/α,β-unsaturated/α-hetero) is 2. The second kappa shape index (κ2) is 8.25. The van der Waals surface area contributed by atoms with E-state index in [0.717, 1.165) is 47.4 Å². The Hall–Kier alpha value is -3.71. The molecule has 2 aromatic rings. The van der Waals surface area contributed by atoms with Gasteiger partial charge in [-0.25, -0.2) is 0 Å². The molecule has 0 spiro atoms. The van der Waals surface area contributed by atoms with Gasteiger partial charge in [0.25, 0.3) is 0 Å². The first-order chi connectivity index (χ1) is 16.6. The highest BCUT2D eigenvalue weighted by molar-refractivity contribution is 6.38. The fraction of sp³-hybridized carbons (Fsp3) is 0.296. The van der Waals surface area contributed by atoms with Gasteiger partial charge in [0.05, 0.1) is 17.7 Å². The van der Waals surface area contributed by atoms with Gasteiger partial charge in [-0.15, -0.1) is 0 Å². The Morgan fingerprint density at radius 3 is 2.94 bits per heavy atom. The molecule has 34 heavy (non-hydrogen) atoms. The molecular formula is C27H26N4O3. The standard InChI is InChI=1S/C27H26N4O3/c1-28-12-16-3-2-15-8-20-22-14-29-13-17(22)9-19(15)26(16)30-5-4-18-10-21-23(32)11-24(33)25(20)27(21)31-6-7-34-18/h6-10,13-14,16,28-29,31H,2-5,11-12H2,1H3/b7-6?,18-10?,25-20+,30-26-/t16-/m0/s1. The minimum absolute atomic E-state index is 0.151. The van der Waals surface area contributed by atoms with E-state index < -0.39 is 0 Å². The fourth-order valence-corrected chi connectivity index (χ4v) is 5.49. The van der Waals surface area contributed by atoms with E-state index in [-0.39, 0.29) is 18.0 Å². The van der Waals surface area contributed by atoms with Crippen LogP contribution in [0.2, 0.25) is 0 Å². The number of H-pyrrole nitrogens is 2. The average Bonchev–Trinajstić information content (AvgIpc) is 3.19. The second-order valence-electron chi connectivity index (χ2n) is 9.14. The van der Waals surface area contributed by atoms with E-state index in [2.05, 4.69) is 27.4 Å². The van der Waals surface area contributed by atoms with Gasteiger partial charge in [0.15, 0.2) is 11.6 Å². The first-order valence-electron chi connectivity index (χ1n) is 11.8. The molecule has 0 saturated heterocycles. The van der Waals surface area contributed by atoms with Gasteiger partial charge in [0.2, 0.25) is 0 Å². The Morgan fingerprint density at radius 2 is 2.06 bits per heavy atom. The average molecular weight is 455 g/mol. The zero-order valence-electron chi connectivity index (χ0n) is 19.0. The molecule has 172 valence electrons. The molecule has 8 bridgehead atoms. The topological polar surface area (TPSA) is 103 Å². The maximum absolute atomic E-state index is 13.4. The van der Waals surface area contributed by atoms with E-state index in [1.54, 1.807) is 18.5 Å². The summed E-state index contributed by atoms with van der Waals surface area (Å²) < 4.78 is 5.80. The maximum Gasteiger partial charge on any atom is 0.173 e. The third-order valence-electron chi connectivity index (χ3n) is 7.06. The summed E-state index contributed by atoms with van der Waals surface area (Å²) >= 11 is 0. The molecule has 3 N–H and O–H groups in total. The quantitative estimate of drug-likeness (QED) is 0.595. The predicted octanol–water partition coefficient (Wildman–Crippen LogP) is 4.08. The van der Waals surface area contributed by atoms with Gasteiger partial charge in [0, 0.05) is 66.4 Å². The number of rotatable bonds is 2. The van der Waals surface area contributed by atoms with Gasteiger partial charge in [-0.2, -0.15) is 0 Å². The van der Waals surface area contributed by atoms with E-state index >= 15 is 0 Å². The highest BCUT2D eigenvalue weighted by Crippen LogP contribution is 2.42. The number of hydrogen-bond donors (Lipinski definition) is 3. The molecule has 3 aliphatic carbocycles. The Balaban J connectivity index is 1.73. The van der Waals surface area contributed by atoms with Crippen molar-refractivity contribution in [2.24, 2.45) is 10.9 Å². The van der Waals surface area contributed by atoms with Crippen LogP contribution in [0.25, 0.3) is 17.2 Å². The first-order valence-corrected chi connectivity index (χ1v) is 11.8. The number of allylic oxidation sites excluding steroid dienone is 5. The molecule has 0 amide bonds. The van der Waals surface area contributed by atoms with Crippen LogP contribution in [0.15, 0.2) is 57.6 Å². The zero-order chi connectivity index (χ0) is 23.2. The van der Waals surface area contributed by atoms with Crippen molar-refractivity contribution in [3.8, 4) is 0 Å². The van der Waals surface area contributed by atoms with E-state index in [0.29, 0.717) is 41.5 Å². The number of aromatic nitrogens is 2. The largest absolute Gasteiger partial charge is 0.468 e. The summed E-state index contributed by atoms with van der Waals surface area (Å²) in [6.45, 7) is 1.40. The molecule has 1 aliphatic heterocycles. The molecule has 4 aliphatic rings. The molecule has 0 radical (unpaired) electrons. The number of aromatic amines is 2. The highest BCUT2D eigenvalue weighted by Gasteiger charge is 2.34. The monoisotopic (exact) mass is 454 g/mol. The normalized spacial score (nSPS) is 24.6. The molecular weight excluding hydrogens is 428 g/mol. The molecule has 7 heteroatoms. The molecule has 1 atom stereocenters. The van der Waals surface area contributed by atoms with Gasteiger partial charge < -0.3 is 19.7 Å². The number of carbonyl (C=O) groups excluding carboxylic acids is 2. The lowest BCUT2D eigenvalue weighted by Gasteiger charge is -2.29. The summed E-state index contributed by atoms with van der Waals surface area (Å²) in [6, 6.07) is 1.78. The van der Waals surface area contributed by atoms with Gasteiger partial charge in [0.1, 0.15) is 12.0 Å². The van der Waals surface area contributed by atoms with Crippen LogP contribution in [0.1, 0.15) is 52.2 Å². The number of nitrogens with zero attached hydrogens (tertiary/aromatic N) is 1. The lowest BCUT2D eigenvalue weighted by atomic mass is 9.78. The summed E-state index contributed by atoms with van der Waals surface area (Å²) in [5.74, 6) is 0.601. The van der Waals surface area contributed by atoms with Crippen molar-refractivity contribution in [1.29, 1.82) is 0 Å². The molecule has 1 fully saturated rings. The van der Waals surface area contributed by atoms with Crippen LogP contribution in [-0.4, -0.2) is 47.4 Å². The number of aliphatic imine (C=N–C) groups is 1. The van der Waals surface area contributed by atoms with Crippen molar-refractivity contribution >= 4 is 34.5 Å². The van der Waals surface area contributed by atoms with Gasteiger partial charge >= 0.3 is 0 Å². The van der Waals surface area contributed by atoms with E-state index in [1.165, 1.54) is 5.57 Å². The van der Waals surface area contributed by atoms with Crippen LogP contribution in [0.5, 0.6) is 0 Å². The number of nitrogens with one attached hydrogen (secondary N) is 3. The second-order valence-corrected chi connectivity index (χ2v) is 9.14. The number of carbonyl (C=O) groups is 2. The molecule has 6 rings (SSSR count). The molecule has 0 aromatic carbocycles. The zero-order valence-corrected chi connectivity index (χ0v) is 19.0. The Morgan fingerprint density at radius 1 is 1.15 bits per heavy atom. The number of fused-ring (bicyclic) bond motifs is 4. The van der Waals surface area contributed by atoms with E-state index in [9.17, 15) is 9.59 Å². The van der Waals surface area contributed by atoms with Crippen LogP contribution in [0, 0.1) is 5.92 Å². The van der Waals surface area contributed by atoms with Crippen LogP contribution in [0.4, 0.5) is 0 Å². The molecule has 7 nitrogen and oxygen atoms in total. The Kier molecular flexibility index (Phi) is 5.07. The molecule has 2 aromatic heterocycles. The highest BCUT2D eigenvalue weighted by atomic mass is 16.3. The summed E-state index contributed by atoms with van der Waals surface area (Å²) in [5.41, 5.74) is 7.81. The Labute approximate surface area is 197 Å². The van der Waals surface area contributed by atoms with Crippen LogP contribution in [-0.2, 0) is 11.2 Å². The van der Waals surface area contributed by atoms with Crippen LogP contribution in [0.3, 0.4) is 0 Å². The third kappa shape index (κ3) is 3.35. The van der Waals surface area contributed by atoms with Crippen molar-refractivity contribution in [3.05, 3.63) is 76.3 Å². The summed E-state index contributed by atoms with van der Waals surface area (Å²) in [7, 11) is 1.97. The van der Waals surface area contributed by atoms with Crippen molar-refractivity contribution in [1.82, 2.24) is 15.3 Å². The number of ketones is 2. The number of hydrogen-bond acceptors (Lipinski definition) is 5. The van der Waals surface area contributed by atoms with Crippen molar-refractivity contribution in [3.63, 3.8) is 0 Å². The maximum atomic E-state index is 13.4. The molecule has 0 unspecified atom stereocenters. The van der Waals surface area contributed by atoms with Gasteiger partial charge in [-0.05, 0) is 54.8 Å². The molecule has 3 heterocycles. The van der Waals surface area contributed by atoms with Gasteiger partial charge in [-0.1, -0.05) is 0 Å². The van der Waals surface area contributed by atoms with Crippen molar-refractivity contribution in [2.45, 2.75) is 25.7 Å². The SMILES string of the molecule is CNC[C@@H]1CCC2=C/C3=C4/C(=O)CC(=O)c5cc(occ[nH]c54)CC/N=C/1C2=Cc1c[nH]cc13. The van der Waals surface area contributed by atoms with E-state index in [4.69, 9.17) is 9.41 Å². The van der Waals surface area contributed by atoms with Crippen LogP contribution < -0.4 is 5.32 Å². The minimum atomic E-state index is -0.198. The predicted molar refractivity (Wildman–Crippen MR) is 131 cm³/mol. The third-order valence-corrected chi connectivity index (χ3v) is 7.06. The van der Waals surface area contributed by atoms with Crippen molar-refractivity contribution < 1.29 is 14.0 Å². The summed E-state index contributed by atoms with van der Waals surface area (Å²) in [4.78, 5) is 37.9. The first kappa shape index (κ1) is 20.9. The smallest absolute Gasteiger partial charge is 0.173 e. The lowest BCUT2D eigenvalue weighted by molar-refractivity contribution is -0.113. The van der Waals surface area contributed by atoms with Gasteiger partial charge in [-0.3, -0.25) is 14.6 Å². The summed E-state index contributed by atoms with van der Waals surface area (Å²) in [5, 5.41) is 3.32. The Bertz CT molecular complexity index is 1390. The molecule has 1 saturated carbocycles.